The highest BCUT2D eigenvalue weighted by Crippen LogP contribution is 2.45. The Labute approximate surface area is 318 Å². The first-order chi connectivity index (χ1) is 27.3. The number of hydrogen-bond donors (Lipinski definition) is 0. The first-order valence-electron chi connectivity index (χ1n) is 18.4. The lowest BCUT2D eigenvalue weighted by Crippen LogP contribution is -2.00. The Morgan fingerprint density at radius 3 is 1.89 bits per heavy atom. The normalized spacial score (nSPS) is 12.0. The van der Waals surface area contributed by atoms with Crippen molar-refractivity contribution in [3.05, 3.63) is 170 Å². The van der Waals surface area contributed by atoms with Crippen LogP contribution in [-0.2, 0) is 0 Å². The lowest BCUT2D eigenvalue weighted by atomic mass is 9.99. The summed E-state index contributed by atoms with van der Waals surface area (Å²) in [6, 6.07) is 59.5. The molecule has 0 bridgehead atoms. The summed E-state index contributed by atoms with van der Waals surface area (Å²) in [6.45, 7) is 0. The molecular weight excluding hydrogens is 693 g/mol. The van der Waals surface area contributed by atoms with Crippen molar-refractivity contribution in [2.24, 2.45) is 0 Å². The molecule has 0 aliphatic rings. The maximum atomic E-state index is 6.89. The van der Waals surface area contributed by atoms with Gasteiger partial charge in [0.05, 0.1) is 21.3 Å². The van der Waals surface area contributed by atoms with Gasteiger partial charge in [-0.3, -0.25) is 0 Å². The van der Waals surface area contributed by atoms with E-state index in [1.807, 2.05) is 72.0 Å². The molecule has 0 amide bonds. The van der Waals surface area contributed by atoms with Gasteiger partial charge in [0.15, 0.2) is 17.5 Å². The van der Waals surface area contributed by atoms with Gasteiger partial charge in [0.25, 0.3) is 0 Å². The van der Waals surface area contributed by atoms with Crippen LogP contribution in [0.2, 0.25) is 0 Å². The average molecular weight is 721 g/mol. The van der Waals surface area contributed by atoms with Crippen molar-refractivity contribution in [1.29, 1.82) is 0 Å². The zero-order valence-electron chi connectivity index (χ0n) is 29.3. The highest BCUT2D eigenvalue weighted by atomic mass is 32.1. The third-order valence-corrected chi connectivity index (χ3v) is 12.0. The summed E-state index contributed by atoms with van der Waals surface area (Å²) in [7, 11) is 0. The average Bonchev–Trinajstić information content (AvgIpc) is 3.94. The molecule has 0 N–H and O–H groups in total. The number of rotatable bonds is 4. The van der Waals surface area contributed by atoms with Crippen LogP contribution in [0.1, 0.15) is 0 Å². The van der Waals surface area contributed by atoms with Crippen LogP contribution in [0, 0.1) is 0 Å². The fourth-order valence-corrected chi connectivity index (χ4v) is 9.59. The Balaban J connectivity index is 1.15. The van der Waals surface area contributed by atoms with Crippen molar-refractivity contribution in [3.8, 4) is 39.9 Å². The summed E-state index contributed by atoms with van der Waals surface area (Å²) < 4.78 is 11.9. The molecule has 0 aliphatic heterocycles. The van der Waals surface area contributed by atoms with Crippen LogP contribution in [0.5, 0.6) is 0 Å². The standard InChI is InChI=1S/C49H28N4OS/c1-3-13-29(14-4-1)47-50-48(30-15-5-2-6-16-30)52-49(51-47)39-27-31-17-7-8-18-33(31)43-38-28-32(23-26-41(38)54-45(39)43)53-40-21-11-9-19-34(40)36-24-25-37-35-20-10-12-22-42(35)55-46(37)44(36)53/h1-28H. The fraction of sp³-hybridized carbons (Fsp3) is 0. The summed E-state index contributed by atoms with van der Waals surface area (Å²) in [5.41, 5.74) is 7.72. The molecule has 4 aromatic heterocycles. The molecule has 55 heavy (non-hydrogen) atoms. The van der Waals surface area contributed by atoms with Gasteiger partial charge < -0.3 is 8.98 Å². The monoisotopic (exact) mass is 720 g/mol. The predicted molar refractivity (Wildman–Crippen MR) is 228 cm³/mol. The summed E-state index contributed by atoms with van der Waals surface area (Å²) in [5.74, 6) is 1.79. The van der Waals surface area contributed by atoms with E-state index in [2.05, 4.69) is 114 Å². The molecule has 8 aromatic carbocycles. The van der Waals surface area contributed by atoms with Crippen molar-refractivity contribution >= 4 is 86.0 Å². The summed E-state index contributed by atoms with van der Waals surface area (Å²) in [5, 5.41) is 9.35. The molecule has 0 spiro atoms. The van der Waals surface area contributed by atoms with Crippen molar-refractivity contribution in [2.75, 3.05) is 0 Å². The zero-order valence-corrected chi connectivity index (χ0v) is 30.1. The van der Waals surface area contributed by atoms with E-state index in [1.165, 1.54) is 42.0 Å². The molecule has 0 atom stereocenters. The first-order valence-corrected chi connectivity index (χ1v) is 19.2. The molecule has 0 saturated heterocycles. The van der Waals surface area contributed by atoms with Gasteiger partial charge in [-0.1, -0.05) is 133 Å². The molecule has 256 valence electrons. The highest BCUT2D eigenvalue weighted by molar-refractivity contribution is 7.26. The van der Waals surface area contributed by atoms with Gasteiger partial charge in [-0.2, -0.15) is 0 Å². The van der Waals surface area contributed by atoms with Crippen LogP contribution in [-0.4, -0.2) is 19.5 Å². The molecule has 12 rings (SSSR count). The number of nitrogens with zero attached hydrogens (tertiary/aromatic N) is 4. The molecule has 0 unspecified atom stereocenters. The van der Waals surface area contributed by atoms with Gasteiger partial charge in [-0.25, -0.2) is 15.0 Å². The summed E-state index contributed by atoms with van der Waals surface area (Å²) in [4.78, 5) is 15.2. The van der Waals surface area contributed by atoms with Crippen LogP contribution in [0.4, 0.5) is 0 Å². The van der Waals surface area contributed by atoms with Crippen LogP contribution < -0.4 is 0 Å². The SMILES string of the molecule is c1ccc(-c2nc(-c3ccccc3)nc(-c3cc4ccccc4c4c3oc3ccc(-n5c6ccccc6c6ccc7c8ccccc8sc7c65)cc34)n2)cc1. The Bertz CT molecular complexity index is 3430. The number of aromatic nitrogens is 4. The van der Waals surface area contributed by atoms with Crippen LogP contribution in [0.15, 0.2) is 174 Å². The van der Waals surface area contributed by atoms with Gasteiger partial charge in [-0.05, 0) is 47.2 Å². The lowest BCUT2D eigenvalue weighted by molar-refractivity contribution is 0.669. The van der Waals surface area contributed by atoms with E-state index in [1.54, 1.807) is 0 Å². The molecule has 4 heterocycles. The van der Waals surface area contributed by atoms with Crippen molar-refractivity contribution in [3.63, 3.8) is 0 Å². The molecule has 0 fully saturated rings. The molecule has 6 heteroatoms. The third kappa shape index (κ3) is 4.55. The predicted octanol–water partition coefficient (Wildman–Crippen LogP) is 13.4. The van der Waals surface area contributed by atoms with Gasteiger partial charge >= 0.3 is 0 Å². The number of fused-ring (bicyclic) bond motifs is 12. The molecule has 0 saturated carbocycles. The Hall–Kier alpha value is -7.15. The first kappa shape index (κ1) is 30.3. The quantitative estimate of drug-likeness (QED) is 0.182. The molecule has 5 nitrogen and oxygen atoms in total. The van der Waals surface area contributed by atoms with Crippen LogP contribution in [0.25, 0.3) is 115 Å². The summed E-state index contributed by atoms with van der Waals surface area (Å²) >= 11 is 1.87. The lowest BCUT2D eigenvalue weighted by Gasteiger charge is -2.10. The third-order valence-electron chi connectivity index (χ3n) is 10.8. The van der Waals surface area contributed by atoms with E-state index in [4.69, 9.17) is 19.4 Å². The minimum atomic E-state index is 0.567. The number of furan rings is 1. The minimum absolute atomic E-state index is 0.567. The van der Waals surface area contributed by atoms with E-state index >= 15 is 0 Å². The van der Waals surface area contributed by atoms with Gasteiger partial charge in [0.2, 0.25) is 0 Å². The van der Waals surface area contributed by atoms with Crippen molar-refractivity contribution in [2.45, 2.75) is 0 Å². The smallest absolute Gasteiger partial charge is 0.167 e. The topological polar surface area (TPSA) is 56.7 Å². The maximum Gasteiger partial charge on any atom is 0.167 e. The van der Waals surface area contributed by atoms with E-state index in [-0.39, 0.29) is 0 Å². The zero-order chi connectivity index (χ0) is 36.0. The van der Waals surface area contributed by atoms with Gasteiger partial charge in [-0.15, -0.1) is 11.3 Å². The molecule has 0 aliphatic carbocycles. The molecular formula is C49H28N4OS. The number of thiophene rings is 1. The van der Waals surface area contributed by atoms with Gasteiger partial charge in [0.1, 0.15) is 11.2 Å². The van der Waals surface area contributed by atoms with E-state index in [0.717, 1.165) is 55.1 Å². The fourth-order valence-electron chi connectivity index (χ4n) is 8.35. The van der Waals surface area contributed by atoms with E-state index in [0.29, 0.717) is 17.5 Å². The number of hydrogen-bond acceptors (Lipinski definition) is 5. The maximum absolute atomic E-state index is 6.89. The van der Waals surface area contributed by atoms with Crippen LogP contribution >= 0.6 is 11.3 Å². The molecule has 0 radical (unpaired) electrons. The minimum Gasteiger partial charge on any atom is -0.455 e. The number of benzene rings is 8. The second kappa shape index (κ2) is 11.7. The Morgan fingerprint density at radius 1 is 0.473 bits per heavy atom. The Kier molecular flexibility index (Phi) is 6.44. The highest BCUT2D eigenvalue weighted by Gasteiger charge is 2.22. The second-order valence-corrected chi connectivity index (χ2v) is 15.0. The number of para-hydroxylation sites is 1. The largest absolute Gasteiger partial charge is 0.455 e. The van der Waals surface area contributed by atoms with E-state index in [9.17, 15) is 0 Å². The van der Waals surface area contributed by atoms with Crippen molar-refractivity contribution in [1.82, 2.24) is 19.5 Å². The van der Waals surface area contributed by atoms with E-state index < -0.39 is 0 Å². The Morgan fingerprint density at radius 2 is 1.11 bits per heavy atom. The summed E-state index contributed by atoms with van der Waals surface area (Å²) in [6.07, 6.45) is 0. The van der Waals surface area contributed by atoms with Crippen LogP contribution in [0.3, 0.4) is 0 Å². The second-order valence-electron chi connectivity index (χ2n) is 14.0. The molecule has 12 aromatic rings. The van der Waals surface area contributed by atoms with Crippen molar-refractivity contribution < 1.29 is 4.42 Å². The van der Waals surface area contributed by atoms with Gasteiger partial charge in [0, 0.05) is 53.8 Å².